The number of para-hydroxylation sites is 1. The van der Waals surface area contributed by atoms with Crippen LogP contribution in [0.3, 0.4) is 0 Å². The lowest BCUT2D eigenvalue weighted by Crippen LogP contribution is -2.32. The molecule has 0 aliphatic carbocycles. The van der Waals surface area contributed by atoms with Gasteiger partial charge in [-0.25, -0.2) is 4.68 Å². The number of thiazole rings is 1. The predicted molar refractivity (Wildman–Crippen MR) is 103 cm³/mol. The van der Waals surface area contributed by atoms with Crippen LogP contribution in [-0.2, 0) is 17.9 Å². The van der Waals surface area contributed by atoms with Gasteiger partial charge in [-0.2, -0.15) is 5.10 Å². The van der Waals surface area contributed by atoms with Crippen molar-refractivity contribution >= 4 is 17.2 Å². The molecule has 136 valence electrons. The average molecular weight is 370 g/mol. The number of hydrogen-bond acceptors (Lipinski definition) is 4. The van der Waals surface area contributed by atoms with Crippen molar-refractivity contribution in [1.82, 2.24) is 19.2 Å². The van der Waals surface area contributed by atoms with Gasteiger partial charge in [0, 0.05) is 35.9 Å². The zero-order chi connectivity index (χ0) is 18.8. The highest BCUT2D eigenvalue weighted by atomic mass is 32.1. The molecule has 0 aliphatic heterocycles. The number of likely N-dealkylation sites (N-methyl/N-ethyl adjacent to an activating group) is 1. The zero-order valence-electron chi connectivity index (χ0n) is 15.4. The van der Waals surface area contributed by atoms with E-state index in [-0.39, 0.29) is 17.3 Å². The van der Waals surface area contributed by atoms with Gasteiger partial charge < -0.3 is 4.90 Å². The molecular weight excluding hydrogens is 348 g/mol. The molecular formula is C19H22N4O2S. The van der Waals surface area contributed by atoms with Crippen molar-refractivity contribution in [2.45, 2.75) is 33.9 Å². The lowest BCUT2D eigenvalue weighted by atomic mass is 10.2. The standard InChI is InChI=1S/C19H22N4O2S/c1-13-12-26-19(25)22(13)11-18(24)21(4)10-17-14(2)20-23(15(17)3)16-8-6-5-7-9-16/h5-9,12H,10-11H2,1-4H3. The molecule has 0 saturated heterocycles. The summed E-state index contributed by atoms with van der Waals surface area (Å²) in [5, 5.41) is 6.39. The average Bonchev–Trinajstić information content (AvgIpc) is 3.09. The van der Waals surface area contributed by atoms with E-state index in [0.717, 1.165) is 39.7 Å². The molecule has 6 nitrogen and oxygen atoms in total. The number of nitrogens with zero attached hydrogens (tertiary/aromatic N) is 4. The van der Waals surface area contributed by atoms with Crippen molar-refractivity contribution in [3.05, 3.63) is 68.0 Å². The molecule has 7 heteroatoms. The largest absolute Gasteiger partial charge is 0.340 e. The first-order chi connectivity index (χ1) is 12.4. The van der Waals surface area contributed by atoms with Crippen LogP contribution in [0.1, 0.15) is 22.6 Å². The Morgan fingerprint density at radius 2 is 1.88 bits per heavy atom. The maximum absolute atomic E-state index is 12.6. The van der Waals surface area contributed by atoms with Gasteiger partial charge in [0.2, 0.25) is 5.91 Å². The summed E-state index contributed by atoms with van der Waals surface area (Å²) in [6, 6.07) is 9.93. The van der Waals surface area contributed by atoms with Crippen molar-refractivity contribution in [2.24, 2.45) is 0 Å². The van der Waals surface area contributed by atoms with E-state index in [4.69, 9.17) is 0 Å². The number of aryl methyl sites for hydroxylation is 2. The summed E-state index contributed by atoms with van der Waals surface area (Å²) in [4.78, 5) is 25.9. The van der Waals surface area contributed by atoms with Crippen LogP contribution in [0.2, 0.25) is 0 Å². The molecule has 1 amide bonds. The molecule has 2 heterocycles. The Morgan fingerprint density at radius 3 is 2.50 bits per heavy atom. The van der Waals surface area contributed by atoms with Gasteiger partial charge in [0.05, 0.1) is 11.4 Å². The van der Waals surface area contributed by atoms with E-state index in [0.29, 0.717) is 6.54 Å². The molecule has 0 unspecified atom stereocenters. The van der Waals surface area contributed by atoms with E-state index >= 15 is 0 Å². The molecule has 1 aromatic carbocycles. The number of amides is 1. The van der Waals surface area contributed by atoms with Crippen molar-refractivity contribution in [3.63, 3.8) is 0 Å². The first kappa shape index (κ1) is 18.1. The zero-order valence-corrected chi connectivity index (χ0v) is 16.2. The summed E-state index contributed by atoms with van der Waals surface area (Å²) in [5.74, 6) is -0.0974. The van der Waals surface area contributed by atoms with Gasteiger partial charge in [0.15, 0.2) is 0 Å². The Labute approximate surface area is 156 Å². The van der Waals surface area contributed by atoms with Crippen LogP contribution in [-0.4, -0.2) is 32.2 Å². The summed E-state index contributed by atoms with van der Waals surface area (Å²) in [6.45, 7) is 6.32. The minimum atomic E-state index is -0.103. The Kier molecular flexibility index (Phi) is 5.08. The second-order valence-electron chi connectivity index (χ2n) is 6.38. The number of carbonyl (C=O) groups is 1. The van der Waals surface area contributed by atoms with Gasteiger partial charge >= 0.3 is 4.87 Å². The van der Waals surface area contributed by atoms with Crippen molar-refractivity contribution in [1.29, 1.82) is 0 Å². The monoisotopic (exact) mass is 370 g/mol. The van der Waals surface area contributed by atoms with Crippen LogP contribution < -0.4 is 4.87 Å². The summed E-state index contributed by atoms with van der Waals surface area (Å²) in [7, 11) is 1.76. The third kappa shape index (κ3) is 3.48. The van der Waals surface area contributed by atoms with Crippen LogP contribution >= 0.6 is 11.3 Å². The van der Waals surface area contributed by atoms with Crippen LogP contribution in [0, 0.1) is 20.8 Å². The molecule has 0 fully saturated rings. The van der Waals surface area contributed by atoms with E-state index in [1.54, 1.807) is 17.3 Å². The summed E-state index contributed by atoms with van der Waals surface area (Å²) in [5.41, 5.74) is 4.74. The van der Waals surface area contributed by atoms with E-state index < -0.39 is 0 Å². The molecule has 0 aliphatic rings. The van der Waals surface area contributed by atoms with E-state index in [2.05, 4.69) is 5.10 Å². The Bertz CT molecular complexity index is 985. The quantitative estimate of drug-likeness (QED) is 0.694. The molecule has 3 aromatic rings. The number of aromatic nitrogens is 3. The first-order valence-electron chi connectivity index (χ1n) is 8.38. The fourth-order valence-corrected chi connectivity index (χ4v) is 3.64. The highest BCUT2D eigenvalue weighted by Gasteiger charge is 2.18. The molecule has 0 atom stereocenters. The van der Waals surface area contributed by atoms with Gasteiger partial charge in [0.25, 0.3) is 0 Å². The Balaban J connectivity index is 1.79. The van der Waals surface area contributed by atoms with Crippen LogP contribution in [0.4, 0.5) is 0 Å². The Hall–Kier alpha value is -2.67. The number of benzene rings is 1. The van der Waals surface area contributed by atoms with E-state index in [1.165, 1.54) is 4.57 Å². The number of rotatable bonds is 5. The van der Waals surface area contributed by atoms with Crippen molar-refractivity contribution in [3.8, 4) is 5.69 Å². The molecule has 3 rings (SSSR count). The fourth-order valence-electron chi connectivity index (χ4n) is 2.90. The minimum absolute atomic E-state index is 0.0651. The van der Waals surface area contributed by atoms with Gasteiger partial charge in [-0.05, 0) is 32.9 Å². The topological polar surface area (TPSA) is 60.1 Å². The summed E-state index contributed by atoms with van der Waals surface area (Å²) in [6.07, 6.45) is 0. The molecule has 0 bridgehead atoms. The number of hydrogen-bond donors (Lipinski definition) is 0. The van der Waals surface area contributed by atoms with Gasteiger partial charge in [0.1, 0.15) is 6.54 Å². The molecule has 0 radical (unpaired) electrons. The predicted octanol–water partition coefficient (Wildman–Crippen LogP) is 2.68. The number of carbonyl (C=O) groups excluding carboxylic acids is 1. The van der Waals surface area contributed by atoms with Crippen LogP contribution in [0.25, 0.3) is 5.69 Å². The van der Waals surface area contributed by atoms with Gasteiger partial charge in [-0.15, -0.1) is 0 Å². The Morgan fingerprint density at radius 1 is 1.19 bits per heavy atom. The fraction of sp³-hybridized carbons (Fsp3) is 0.316. The maximum Gasteiger partial charge on any atom is 0.307 e. The molecule has 0 saturated carbocycles. The van der Waals surface area contributed by atoms with Gasteiger partial charge in [-0.3, -0.25) is 14.2 Å². The van der Waals surface area contributed by atoms with Crippen LogP contribution in [0.5, 0.6) is 0 Å². The molecule has 0 N–H and O–H groups in total. The van der Waals surface area contributed by atoms with E-state index in [9.17, 15) is 9.59 Å². The molecule has 26 heavy (non-hydrogen) atoms. The van der Waals surface area contributed by atoms with E-state index in [1.807, 2.05) is 55.8 Å². The normalized spacial score (nSPS) is 10.9. The van der Waals surface area contributed by atoms with Crippen molar-refractivity contribution in [2.75, 3.05) is 7.05 Å². The lowest BCUT2D eigenvalue weighted by molar-refractivity contribution is -0.131. The second kappa shape index (κ2) is 7.29. The second-order valence-corrected chi connectivity index (χ2v) is 7.20. The highest BCUT2D eigenvalue weighted by Crippen LogP contribution is 2.19. The minimum Gasteiger partial charge on any atom is -0.340 e. The van der Waals surface area contributed by atoms with Crippen LogP contribution in [0.15, 0.2) is 40.5 Å². The first-order valence-corrected chi connectivity index (χ1v) is 9.26. The van der Waals surface area contributed by atoms with Gasteiger partial charge in [-0.1, -0.05) is 29.5 Å². The smallest absolute Gasteiger partial charge is 0.307 e. The lowest BCUT2D eigenvalue weighted by Gasteiger charge is -2.18. The van der Waals surface area contributed by atoms with Crippen molar-refractivity contribution < 1.29 is 4.79 Å². The highest BCUT2D eigenvalue weighted by molar-refractivity contribution is 7.07. The third-order valence-electron chi connectivity index (χ3n) is 4.53. The molecule has 2 aromatic heterocycles. The third-order valence-corrected chi connectivity index (χ3v) is 5.41. The maximum atomic E-state index is 12.6. The summed E-state index contributed by atoms with van der Waals surface area (Å²) < 4.78 is 3.41. The SMILES string of the molecule is Cc1nn(-c2ccccc2)c(C)c1CN(C)C(=O)Cn1c(C)csc1=O. The molecule has 0 spiro atoms. The summed E-state index contributed by atoms with van der Waals surface area (Å²) >= 11 is 1.12.